The number of nitrogens with one attached hydrogen (secondary N) is 1. The van der Waals surface area contributed by atoms with Gasteiger partial charge in [-0.25, -0.2) is 4.98 Å². The summed E-state index contributed by atoms with van der Waals surface area (Å²) in [6.45, 7) is 2.91. The van der Waals surface area contributed by atoms with Crippen molar-refractivity contribution in [3.8, 4) is 5.75 Å². The van der Waals surface area contributed by atoms with E-state index in [2.05, 4.69) is 10.2 Å². The second kappa shape index (κ2) is 9.09. The van der Waals surface area contributed by atoms with Crippen LogP contribution in [0.3, 0.4) is 0 Å². The zero-order chi connectivity index (χ0) is 20.7. The number of hydrogen-bond donors (Lipinski definition) is 2. The van der Waals surface area contributed by atoms with Crippen molar-refractivity contribution in [1.29, 1.82) is 0 Å². The minimum absolute atomic E-state index is 0. The van der Waals surface area contributed by atoms with Crippen molar-refractivity contribution >= 4 is 68.8 Å². The molecule has 0 spiro atoms. The van der Waals surface area contributed by atoms with Crippen LogP contribution in [0.25, 0.3) is 21.8 Å². The van der Waals surface area contributed by atoms with E-state index < -0.39 is 0 Å². The third-order valence-electron chi connectivity index (χ3n) is 5.64. The van der Waals surface area contributed by atoms with Gasteiger partial charge in [0.15, 0.2) is 0 Å². The molecule has 0 aliphatic carbocycles. The molecule has 31 heavy (non-hydrogen) atoms. The van der Waals surface area contributed by atoms with Crippen LogP contribution >= 0.6 is 35.6 Å². The van der Waals surface area contributed by atoms with Crippen molar-refractivity contribution in [2.45, 2.75) is 19.4 Å². The molecule has 4 nitrogen and oxygen atoms in total. The number of aromatic nitrogens is 1. The first-order valence-corrected chi connectivity index (χ1v) is 10.8. The van der Waals surface area contributed by atoms with Gasteiger partial charge in [0.2, 0.25) is 0 Å². The number of pyridine rings is 1. The van der Waals surface area contributed by atoms with Gasteiger partial charge in [-0.05, 0) is 80.5 Å². The van der Waals surface area contributed by atoms with Crippen LogP contribution in [0.2, 0.25) is 10.0 Å². The SMILES string of the molecule is Cl.Oc1ccc(Nc2c3ccc(Cl)cc3nc3ccc(Cl)cc23)cc1CN1CCCC1. The maximum Gasteiger partial charge on any atom is 0.120 e. The Hall–Kier alpha value is -2.24. The Labute approximate surface area is 197 Å². The highest BCUT2D eigenvalue weighted by Crippen LogP contribution is 2.36. The van der Waals surface area contributed by atoms with Gasteiger partial charge in [-0.3, -0.25) is 4.90 Å². The molecule has 0 amide bonds. The Morgan fingerprint density at radius 3 is 2.42 bits per heavy atom. The normalized spacial score (nSPS) is 14.1. The molecule has 0 bridgehead atoms. The van der Waals surface area contributed by atoms with Gasteiger partial charge in [-0.15, -0.1) is 12.4 Å². The number of phenols is 1. The topological polar surface area (TPSA) is 48.4 Å². The summed E-state index contributed by atoms with van der Waals surface area (Å²) in [6.07, 6.45) is 2.44. The monoisotopic (exact) mass is 473 g/mol. The molecule has 0 atom stereocenters. The van der Waals surface area contributed by atoms with Crippen LogP contribution < -0.4 is 5.32 Å². The lowest BCUT2D eigenvalue weighted by Gasteiger charge is -2.18. The van der Waals surface area contributed by atoms with Crippen LogP contribution in [0, 0.1) is 0 Å². The number of fused-ring (bicyclic) bond motifs is 2. The number of phenolic OH excluding ortho intramolecular Hbond substituents is 1. The van der Waals surface area contributed by atoms with E-state index in [1.165, 1.54) is 12.8 Å². The van der Waals surface area contributed by atoms with Crippen LogP contribution in [0.1, 0.15) is 18.4 Å². The molecule has 2 heterocycles. The molecular formula is C24H22Cl3N3O. The van der Waals surface area contributed by atoms with Crippen LogP contribution in [-0.2, 0) is 6.54 Å². The summed E-state index contributed by atoms with van der Waals surface area (Å²) in [6, 6.07) is 17.0. The van der Waals surface area contributed by atoms with Gasteiger partial charge in [0.25, 0.3) is 0 Å². The van der Waals surface area contributed by atoms with Crippen molar-refractivity contribution in [3.63, 3.8) is 0 Å². The van der Waals surface area contributed by atoms with Crippen molar-refractivity contribution in [3.05, 3.63) is 70.2 Å². The Kier molecular flexibility index (Phi) is 6.44. The molecule has 1 aliphatic rings. The molecule has 1 saturated heterocycles. The third kappa shape index (κ3) is 4.53. The lowest BCUT2D eigenvalue weighted by Crippen LogP contribution is -2.18. The Bertz CT molecular complexity index is 1260. The highest BCUT2D eigenvalue weighted by Gasteiger charge is 2.15. The molecule has 160 valence electrons. The van der Waals surface area contributed by atoms with Crippen LogP contribution in [0.5, 0.6) is 5.75 Å². The molecule has 7 heteroatoms. The fraction of sp³-hybridized carbons (Fsp3) is 0.208. The van der Waals surface area contributed by atoms with Crippen LogP contribution in [-0.4, -0.2) is 28.1 Å². The van der Waals surface area contributed by atoms with Gasteiger partial charge in [0.1, 0.15) is 5.75 Å². The van der Waals surface area contributed by atoms with Crippen molar-refractivity contribution < 1.29 is 5.11 Å². The van der Waals surface area contributed by atoms with E-state index in [9.17, 15) is 5.11 Å². The average Bonchev–Trinajstić information content (AvgIpc) is 3.23. The Morgan fingerprint density at radius 2 is 1.61 bits per heavy atom. The number of likely N-dealkylation sites (tertiary alicyclic amines) is 1. The second-order valence-corrected chi connectivity index (χ2v) is 8.63. The summed E-state index contributed by atoms with van der Waals surface area (Å²) in [5.41, 5.74) is 4.41. The van der Waals surface area contributed by atoms with Gasteiger partial charge in [-0.1, -0.05) is 23.2 Å². The molecule has 0 unspecified atom stereocenters. The summed E-state index contributed by atoms with van der Waals surface area (Å²) in [4.78, 5) is 7.13. The molecular weight excluding hydrogens is 453 g/mol. The summed E-state index contributed by atoms with van der Waals surface area (Å²) in [5, 5.41) is 17.1. The summed E-state index contributed by atoms with van der Waals surface area (Å²) in [5.74, 6) is 0.326. The van der Waals surface area contributed by atoms with E-state index in [-0.39, 0.29) is 12.4 Å². The number of nitrogens with zero attached hydrogens (tertiary/aromatic N) is 2. The molecule has 2 N–H and O–H groups in total. The zero-order valence-corrected chi connectivity index (χ0v) is 19.1. The molecule has 1 aliphatic heterocycles. The van der Waals surface area contributed by atoms with E-state index in [4.69, 9.17) is 28.2 Å². The van der Waals surface area contributed by atoms with E-state index in [1.54, 1.807) is 6.07 Å². The smallest absolute Gasteiger partial charge is 0.120 e. The fourth-order valence-corrected chi connectivity index (χ4v) is 4.48. The first-order chi connectivity index (χ1) is 14.6. The summed E-state index contributed by atoms with van der Waals surface area (Å²) >= 11 is 12.5. The maximum absolute atomic E-state index is 10.4. The van der Waals surface area contributed by atoms with Crippen molar-refractivity contribution in [2.75, 3.05) is 18.4 Å². The third-order valence-corrected chi connectivity index (χ3v) is 6.11. The maximum atomic E-state index is 10.4. The van der Waals surface area contributed by atoms with Gasteiger partial charge < -0.3 is 10.4 Å². The fourth-order valence-electron chi connectivity index (χ4n) is 4.14. The number of anilines is 2. The van der Waals surface area contributed by atoms with Crippen LogP contribution in [0.15, 0.2) is 54.6 Å². The Morgan fingerprint density at radius 1 is 0.871 bits per heavy atom. The van der Waals surface area contributed by atoms with Crippen molar-refractivity contribution in [2.24, 2.45) is 0 Å². The number of rotatable bonds is 4. The van der Waals surface area contributed by atoms with Crippen LogP contribution in [0.4, 0.5) is 11.4 Å². The molecule has 0 radical (unpaired) electrons. The van der Waals surface area contributed by atoms with E-state index in [0.29, 0.717) is 15.8 Å². The number of aromatic hydroxyl groups is 1. The molecule has 3 aromatic carbocycles. The number of hydrogen-bond acceptors (Lipinski definition) is 4. The number of halogens is 3. The predicted octanol–water partition coefficient (Wildman–Crippen LogP) is 7.16. The molecule has 1 fully saturated rings. The highest BCUT2D eigenvalue weighted by atomic mass is 35.5. The predicted molar refractivity (Wildman–Crippen MR) is 132 cm³/mol. The molecule has 1 aromatic heterocycles. The lowest BCUT2D eigenvalue weighted by molar-refractivity contribution is 0.324. The molecule has 5 rings (SSSR count). The van der Waals surface area contributed by atoms with Gasteiger partial charge >= 0.3 is 0 Å². The zero-order valence-electron chi connectivity index (χ0n) is 16.7. The lowest BCUT2D eigenvalue weighted by atomic mass is 10.1. The number of benzene rings is 3. The van der Waals surface area contributed by atoms with Gasteiger partial charge in [0, 0.05) is 38.6 Å². The van der Waals surface area contributed by atoms with E-state index >= 15 is 0 Å². The standard InChI is InChI=1S/C24H21Cl2N3O.ClH/c25-16-4-7-21-20(12-16)24(19-6-3-17(26)13-22(19)28-21)27-18-5-8-23(30)15(11-18)14-29-9-1-2-10-29;/h3-8,11-13,30H,1-2,9-10,14H2,(H,27,28);1H. The molecule has 0 saturated carbocycles. The summed E-state index contributed by atoms with van der Waals surface area (Å²) in [7, 11) is 0. The quantitative estimate of drug-likeness (QED) is 0.243. The minimum atomic E-state index is 0. The van der Waals surface area contributed by atoms with Crippen molar-refractivity contribution in [1.82, 2.24) is 9.88 Å². The highest BCUT2D eigenvalue weighted by molar-refractivity contribution is 6.32. The minimum Gasteiger partial charge on any atom is -0.508 e. The van der Waals surface area contributed by atoms with E-state index in [1.807, 2.05) is 48.5 Å². The Balaban J connectivity index is 0.00000231. The largest absolute Gasteiger partial charge is 0.508 e. The van der Waals surface area contributed by atoms with E-state index in [0.717, 1.165) is 58.4 Å². The first kappa shape index (κ1) is 22.0. The average molecular weight is 475 g/mol. The van der Waals surface area contributed by atoms with Gasteiger partial charge in [-0.2, -0.15) is 0 Å². The molecule has 4 aromatic rings. The second-order valence-electron chi connectivity index (χ2n) is 7.76. The van der Waals surface area contributed by atoms with Gasteiger partial charge in [0.05, 0.1) is 16.7 Å². The first-order valence-electron chi connectivity index (χ1n) is 10.1. The summed E-state index contributed by atoms with van der Waals surface area (Å²) < 4.78 is 0.